The van der Waals surface area contributed by atoms with Crippen LogP contribution < -0.4 is 0 Å². The second-order valence-corrected chi connectivity index (χ2v) is 5.27. The Kier molecular flexibility index (Phi) is 3.94. The summed E-state index contributed by atoms with van der Waals surface area (Å²) in [5, 5.41) is 17.2. The van der Waals surface area contributed by atoms with Gasteiger partial charge in [-0.1, -0.05) is 20.3 Å². The van der Waals surface area contributed by atoms with Crippen molar-refractivity contribution in [2.75, 3.05) is 0 Å². The van der Waals surface area contributed by atoms with E-state index in [4.69, 9.17) is 10.2 Å². The summed E-state index contributed by atoms with van der Waals surface area (Å²) in [6.45, 7) is 4.20. The predicted molar refractivity (Wildman–Crippen MR) is 59.1 cm³/mol. The first kappa shape index (κ1) is 13.0. The number of rotatable bonds is 7. The number of aliphatic carboxylic acids is 2. The molecule has 0 aromatic heterocycles. The van der Waals surface area contributed by atoms with Crippen LogP contribution in [0.1, 0.15) is 46.0 Å². The zero-order chi connectivity index (χ0) is 12.3. The topological polar surface area (TPSA) is 74.6 Å². The van der Waals surface area contributed by atoms with Crippen LogP contribution in [0, 0.1) is 17.3 Å². The molecule has 1 aliphatic rings. The summed E-state index contributed by atoms with van der Waals surface area (Å²) >= 11 is 0. The third-order valence-corrected chi connectivity index (χ3v) is 3.84. The Morgan fingerprint density at radius 2 is 1.69 bits per heavy atom. The number of unbranched alkanes of at least 4 members (excludes halogenated alkanes) is 1. The summed E-state index contributed by atoms with van der Waals surface area (Å²) < 4.78 is 0. The highest BCUT2D eigenvalue weighted by Gasteiger charge is 2.56. The van der Waals surface area contributed by atoms with E-state index in [1.54, 1.807) is 0 Å². The highest BCUT2D eigenvalue weighted by atomic mass is 16.4. The van der Waals surface area contributed by atoms with Gasteiger partial charge in [-0.05, 0) is 30.1 Å². The molecule has 4 heteroatoms. The molecule has 0 heterocycles. The molecule has 0 aliphatic heterocycles. The highest BCUT2D eigenvalue weighted by Crippen LogP contribution is 2.62. The smallest absolute Gasteiger partial charge is 0.303 e. The Balaban J connectivity index is 2.23. The van der Waals surface area contributed by atoms with Crippen LogP contribution in [0.2, 0.25) is 0 Å². The third kappa shape index (κ3) is 3.22. The lowest BCUT2D eigenvalue weighted by atomic mass is 10.0. The summed E-state index contributed by atoms with van der Waals surface area (Å²) in [6, 6.07) is 0. The average molecular weight is 228 g/mol. The minimum Gasteiger partial charge on any atom is -0.481 e. The fourth-order valence-corrected chi connectivity index (χ4v) is 2.66. The van der Waals surface area contributed by atoms with Gasteiger partial charge in [0, 0.05) is 12.8 Å². The molecular formula is C12H20O4. The quantitative estimate of drug-likeness (QED) is 0.656. The van der Waals surface area contributed by atoms with E-state index in [1.165, 1.54) is 0 Å². The predicted octanol–water partition coefficient (Wildman–Crippen LogP) is 2.38. The molecule has 2 atom stereocenters. The fourth-order valence-electron chi connectivity index (χ4n) is 2.66. The molecule has 0 aromatic rings. The minimum absolute atomic E-state index is 0.127. The van der Waals surface area contributed by atoms with Crippen LogP contribution in [0.3, 0.4) is 0 Å². The standard InChI is InChI=1S/C12H20O4/c1-12(2)8(9(12)7-11(15)16)5-3-4-6-10(13)14/h8-9H,3-7H2,1-2H3,(H,13,14)(H,15,16). The zero-order valence-corrected chi connectivity index (χ0v) is 9.90. The Labute approximate surface area is 95.7 Å². The Hall–Kier alpha value is -1.06. The van der Waals surface area contributed by atoms with Gasteiger partial charge in [0.2, 0.25) is 0 Å². The number of carbonyl (C=O) groups is 2. The third-order valence-electron chi connectivity index (χ3n) is 3.84. The SMILES string of the molecule is CC1(C)C(CCCCC(=O)O)C1CC(=O)O. The maximum Gasteiger partial charge on any atom is 0.303 e. The van der Waals surface area contributed by atoms with Gasteiger partial charge < -0.3 is 10.2 Å². The number of hydrogen-bond donors (Lipinski definition) is 2. The highest BCUT2D eigenvalue weighted by molar-refractivity contribution is 5.68. The first-order valence-electron chi connectivity index (χ1n) is 5.79. The van der Waals surface area contributed by atoms with Gasteiger partial charge in [0.15, 0.2) is 0 Å². The summed E-state index contributed by atoms with van der Waals surface area (Å²) in [6.07, 6.45) is 3.00. The van der Waals surface area contributed by atoms with E-state index in [-0.39, 0.29) is 24.2 Å². The molecule has 2 unspecified atom stereocenters. The molecule has 0 bridgehead atoms. The molecule has 0 radical (unpaired) electrons. The van der Waals surface area contributed by atoms with E-state index in [0.29, 0.717) is 12.3 Å². The van der Waals surface area contributed by atoms with Gasteiger partial charge >= 0.3 is 11.9 Å². The molecule has 1 saturated carbocycles. The Morgan fingerprint density at radius 1 is 1.06 bits per heavy atom. The summed E-state index contributed by atoms with van der Waals surface area (Å²) in [4.78, 5) is 20.9. The molecule has 0 saturated heterocycles. The van der Waals surface area contributed by atoms with Gasteiger partial charge in [0.05, 0.1) is 0 Å². The number of carboxylic acids is 2. The van der Waals surface area contributed by atoms with Crippen molar-refractivity contribution in [3.8, 4) is 0 Å². The molecular weight excluding hydrogens is 208 g/mol. The molecule has 0 spiro atoms. The van der Waals surface area contributed by atoms with Gasteiger partial charge in [0.25, 0.3) is 0 Å². The van der Waals surface area contributed by atoms with E-state index in [9.17, 15) is 9.59 Å². The molecule has 1 rings (SSSR count). The molecule has 16 heavy (non-hydrogen) atoms. The largest absolute Gasteiger partial charge is 0.481 e. The maximum absolute atomic E-state index is 10.6. The van der Waals surface area contributed by atoms with E-state index in [0.717, 1.165) is 12.8 Å². The van der Waals surface area contributed by atoms with Crippen LogP contribution in [-0.2, 0) is 9.59 Å². The number of hydrogen-bond acceptors (Lipinski definition) is 2. The van der Waals surface area contributed by atoms with Crippen molar-refractivity contribution in [1.82, 2.24) is 0 Å². The van der Waals surface area contributed by atoms with Crippen molar-refractivity contribution in [3.05, 3.63) is 0 Å². The molecule has 1 aliphatic carbocycles. The van der Waals surface area contributed by atoms with Crippen LogP contribution in [0.25, 0.3) is 0 Å². The molecule has 2 N–H and O–H groups in total. The van der Waals surface area contributed by atoms with Crippen molar-refractivity contribution < 1.29 is 19.8 Å². The van der Waals surface area contributed by atoms with E-state index in [1.807, 2.05) is 0 Å². The van der Waals surface area contributed by atoms with Crippen molar-refractivity contribution in [1.29, 1.82) is 0 Å². The van der Waals surface area contributed by atoms with E-state index in [2.05, 4.69) is 13.8 Å². The molecule has 92 valence electrons. The van der Waals surface area contributed by atoms with Gasteiger partial charge in [0.1, 0.15) is 0 Å². The van der Waals surface area contributed by atoms with Crippen LogP contribution in [0.15, 0.2) is 0 Å². The lowest BCUT2D eigenvalue weighted by Gasteiger charge is -2.01. The van der Waals surface area contributed by atoms with Gasteiger partial charge in [-0.2, -0.15) is 0 Å². The monoisotopic (exact) mass is 228 g/mol. The molecule has 1 fully saturated rings. The van der Waals surface area contributed by atoms with E-state index >= 15 is 0 Å². The van der Waals surface area contributed by atoms with Crippen LogP contribution in [0.5, 0.6) is 0 Å². The first-order valence-corrected chi connectivity index (χ1v) is 5.79. The van der Waals surface area contributed by atoms with Crippen molar-refractivity contribution in [2.45, 2.75) is 46.0 Å². The van der Waals surface area contributed by atoms with Crippen molar-refractivity contribution >= 4 is 11.9 Å². The fraction of sp³-hybridized carbons (Fsp3) is 0.833. The average Bonchev–Trinajstić information content (AvgIpc) is 2.61. The van der Waals surface area contributed by atoms with Gasteiger partial charge in [-0.25, -0.2) is 0 Å². The maximum atomic E-state index is 10.6. The van der Waals surface area contributed by atoms with E-state index < -0.39 is 11.9 Å². The lowest BCUT2D eigenvalue weighted by molar-refractivity contribution is -0.138. The number of carboxylic acid groups (broad SMARTS) is 2. The van der Waals surface area contributed by atoms with Gasteiger partial charge in [-0.15, -0.1) is 0 Å². The Morgan fingerprint density at radius 3 is 2.19 bits per heavy atom. The molecule has 0 aromatic carbocycles. The summed E-state index contributed by atoms with van der Waals surface area (Å²) in [5.41, 5.74) is 0.127. The van der Waals surface area contributed by atoms with Crippen LogP contribution in [0.4, 0.5) is 0 Å². The Bertz CT molecular complexity index is 283. The normalized spacial score (nSPS) is 26.4. The molecule has 0 amide bonds. The second kappa shape index (κ2) is 4.85. The second-order valence-electron chi connectivity index (χ2n) is 5.27. The summed E-state index contributed by atoms with van der Waals surface area (Å²) in [5.74, 6) is -0.754. The van der Waals surface area contributed by atoms with Crippen molar-refractivity contribution in [3.63, 3.8) is 0 Å². The molecule has 4 nitrogen and oxygen atoms in total. The minimum atomic E-state index is -0.753. The van der Waals surface area contributed by atoms with Crippen LogP contribution in [-0.4, -0.2) is 22.2 Å². The lowest BCUT2D eigenvalue weighted by Crippen LogP contribution is -1.99. The van der Waals surface area contributed by atoms with Crippen LogP contribution >= 0.6 is 0 Å². The van der Waals surface area contributed by atoms with Crippen molar-refractivity contribution in [2.24, 2.45) is 17.3 Å². The zero-order valence-electron chi connectivity index (χ0n) is 9.90. The van der Waals surface area contributed by atoms with Gasteiger partial charge in [-0.3, -0.25) is 9.59 Å². The first-order chi connectivity index (χ1) is 7.35. The summed E-state index contributed by atoms with van der Waals surface area (Å²) in [7, 11) is 0.